The summed E-state index contributed by atoms with van der Waals surface area (Å²) in [6, 6.07) is 5.98. The lowest BCUT2D eigenvalue weighted by Gasteiger charge is -1.96. The molecule has 0 saturated carbocycles. The average molecular weight is 232 g/mol. The number of oxime groups is 1. The Bertz CT molecular complexity index is 560. The molecule has 17 heavy (non-hydrogen) atoms. The first-order chi connectivity index (χ1) is 8.08. The Hall–Kier alpha value is -2.50. The van der Waals surface area contributed by atoms with Crippen molar-refractivity contribution in [2.24, 2.45) is 5.16 Å². The molecule has 86 valence electrons. The maximum atomic E-state index is 11.3. The van der Waals surface area contributed by atoms with Crippen molar-refractivity contribution in [3.63, 3.8) is 0 Å². The van der Waals surface area contributed by atoms with Crippen molar-refractivity contribution in [1.82, 2.24) is 0 Å². The molecule has 0 radical (unpaired) electrons. The number of nitrogens with zero attached hydrogens (tertiary/aromatic N) is 2. The zero-order chi connectivity index (χ0) is 12.4. The van der Waals surface area contributed by atoms with Crippen LogP contribution in [0.3, 0.4) is 0 Å². The summed E-state index contributed by atoms with van der Waals surface area (Å²) in [5.41, 5.74) is 1.30. The van der Waals surface area contributed by atoms with Gasteiger partial charge in [-0.1, -0.05) is 17.3 Å². The molecule has 0 aromatic heterocycles. The Labute approximate surface area is 96.3 Å². The molecule has 0 atom stereocenters. The van der Waals surface area contributed by atoms with E-state index in [-0.39, 0.29) is 5.69 Å². The molecular weight excluding hydrogens is 224 g/mol. The minimum atomic E-state index is -0.547. The number of hydrogen-bond acceptors (Lipinski definition) is 5. The van der Waals surface area contributed by atoms with Crippen LogP contribution in [-0.4, -0.2) is 16.6 Å². The van der Waals surface area contributed by atoms with E-state index in [0.29, 0.717) is 16.8 Å². The fourth-order valence-electron chi connectivity index (χ4n) is 1.41. The van der Waals surface area contributed by atoms with Gasteiger partial charge in [0.2, 0.25) is 0 Å². The normalized spacial score (nSPS) is 16.9. The monoisotopic (exact) mass is 232 g/mol. The fraction of sp³-hybridized carbons (Fsp3) is 0.0909. The van der Waals surface area contributed by atoms with Crippen molar-refractivity contribution < 1.29 is 14.6 Å². The second kappa shape index (κ2) is 4.17. The smallest absolute Gasteiger partial charge is 0.312 e. The molecule has 1 aromatic carbocycles. The van der Waals surface area contributed by atoms with Crippen LogP contribution in [-0.2, 0) is 9.63 Å². The first-order valence-corrected chi connectivity index (χ1v) is 4.80. The van der Waals surface area contributed by atoms with Crippen molar-refractivity contribution >= 4 is 23.4 Å². The number of carbonyl (C=O) groups is 1. The summed E-state index contributed by atoms with van der Waals surface area (Å²) in [4.78, 5) is 25.8. The van der Waals surface area contributed by atoms with E-state index in [9.17, 15) is 14.9 Å². The molecule has 2 rings (SSSR count). The van der Waals surface area contributed by atoms with Gasteiger partial charge in [0.25, 0.3) is 5.69 Å². The lowest BCUT2D eigenvalue weighted by atomic mass is 10.1. The maximum Gasteiger partial charge on any atom is 0.367 e. The maximum absolute atomic E-state index is 11.3. The first kappa shape index (κ1) is 11.0. The van der Waals surface area contributed by atoms with Crippen molar-refractivity contribution in [2.75, 3.05) is 0 Å². The third kappa shape index (κ3) is 2.20. The molecule has 0 fully saturated rings. The van der Waals surface area contributed by atoms with Crippen LogP contribution in [0.1, 0.15) is 12.5 Å². The molecule has 6 heteroatoms. The van der Waals surface area contributed by atoms with E-state index >= 15 is 0 Å². The van der Waals surface area contributed by atoms with Gasteiger partial charge < -0.3 is 4.84 Å². The molecule has 1 aliphatic rings. The van der Waals surface area contributed by atoms with E-state index in [1.165, 1.54) is 18.2 Å². The van der Waals surface area contributed by atoms with Crippen molar-refractivity contribution in [3.8, 4) is 0 Å². The van der Waals surface area contributed by atoms with Crippen LogP contribution in [0, 0.1) is 10.1 Å². The van der Waals surface area contributed by atoms with Gasteiger partial charge in [-0.3, -0.25) is 10.1 Å². The molecule has 0 bridgehead atoms. The summed E-state index contributed by atoms with van der Waals surface area (Å²) in [6.45, 7) is 1.63. The first-order valence-electron chi connectivity index (χ1n) is 4.80. The van der Waals surface area contributed by atoms with Gasteiger partial charge in [0, 0.05) is 12.1 Å². The van der Waals surface area contributed by atoms with Gasteiger partial charge in [-0.05, 0) is 18.6 Å². The van der Waals surface area contributed by atoms with E-state index in [1.807, 2.05) is 0 Å². The number of rotatable bonds is 2. The van der Waals surface area contributed by atoms with Gasteiger partial charge in [-0.25, -0.2) is 4.79 Å². The number of nitro benzene ring substituents is 1. The Balaban J connectivity index is 2.39. The minimum Gasteiger partial charge on any atom is -0.312 e. The van der Waals surface area contributed by atoms with Crippen LogP contribution in [0.4, 0.5) is 5.69 Å². The van der Waals surface area contributed by atoms with E-state index in [2.05, 4.69) is 9.99 Å². The Morgan fingerprint density at radius 2 is 2.24 bits per heavy atom. The molecule has 1 heterocycles. The molecule has 0 N–H and O–H groups in total. The predicted octanol–water partition coefficient (Wildman–Crippen LogP) is 1.91. The van der Waals surface area contributed by atoms with E-state index in [0.717, 1.165) is 0 Å². The second-order valence-electron chi connectivity index (χ2n) is 3.47. The largest absolute Gasteiger partial charge is 0.367 e. The van der Waals surface area contributed by atoms with Gasteiger partial charge in [0.1, 0.15) is 0 Å². The lowest BCUT2D eigenvalue weighted by Crippen LogP contribution is -2.01. The zero-order valence-electron chi connectivity index (χ0n) is 8.91. The molecule has 0 aliphatic carbocycles. The third-order valence-electron chi connectivity index (χ3n) is 2.27. The summed E-state index contributed by atoms with van der Waals surface area (Å²) < 4.78 is 0. The van der Waals surface area contributed by atoms with Crippen molar-refractivity contribution in [3.05, 3.63) is 45.5 Å². The molecule has 0 unspecified atom stereocenters. The van der Waals surface area contributed by atoms with E-state index in [4.69, 9.17) is 0 Å². The highest BCUT2D eigenvalue weighted by Crippen LogP contribution is 2.19. The molecular formula is C11H8N2O4. The minimum absolute atomic E-state index is 0.0275. The van der Waals surface area contributed by atoms with Gasteiger partial charge in [0.05, 0.1) is 16.2 Å². The summed E-state index contributed by atoms with van der Waals surface area (Å²) in [7, 11) is 0. The van der Waals surface area contributed by atoms with E-state index in [1.54, 1.807) is 19.1 Å². The number of hydrogen-bond donors (Lipinski definition) is 0. The highest BCUT2D eigenvalue weighted by atomic mass is 16.7. The quantitative estimate of drug-likeness (QED) is 0.337. The van der Waals surface area contributed by atoms with E-state index < -0.39 is 10.9 Å². The Kier molecular flexibility index (Phi) is 2.70. The zero-order valence-corrected chi connectivity index (χ0v) is 8.91. The fourth-order valence-corrected chi connectivity index (χ4v) is 1.41. The number of benzene rings is 1. The molecule has 6 nitrogen and oxygen atoms in total. The summed E-state index contributed by atoms with van der Waals surface area (Å²) in [5, 5.41) is 14.1. The van der Waals surface area contributed by atoms with Gasteiger partial charge in [-0.2, -0.15) is 0 Å². The predicted molar refractivity (Wildman–Crippen MR) is 60.3 cm³/mol. The molecule has 0 spiro atoms. The summed E-state index contributed by atoms with van der Waals surface area (Å²) in [6.07, 6.45) is 1.52. The topological polar surface area (TPSA) is 81.8 Å². The van der Waals surface area contributed by atoms with Gasteiger partial charge in [0.15, 0.2) is 0 Å². The second-order valence-corrected chi connectivity index (χ2v) is 3.47. The number of nitro groups is 1. The molecule has 0 saturated heterocycles. The van der Waals surface area contributed by atoms with Crippen LogP contribution in [0.15, 0.2) is 35.0 Å². The summed E-state index contributed by atoms with van der Waals surface area (Å²) >= 11 is 0. The SMILES string of the molecule is CC1=NOC(=O)C1=Cc1cccc([N+](=O)[O-])c1. The van der Waals surface area contributed by atoms with Crippen molar-refractivity contribution in [2.45, 2.75) is 6.92 Å². The van der Waals surface area contributed by atoms with Crippen LogP contribution in [0.25, 0.3) is 6.08 Å². The number of carbonyl (C=O) groups excluding carboxylic acids is 1. The van der Waals surface area contributed by atoms with Gasteiger partial charge >= 0.3 is 5.97 Å². The van der Waals surface area contributed by atoms with Crippen LogP contribution in [0.5, 0.6) is 0 Å². The highest BCUT2D eigenvalue weighted by molar-refractivity contribution is 6.24. The van der Waals surface area contributed by atoms with Crippen molar-refractivity contribution in [1.29, 1.82) is 0 Å². The highest BCUT2D eigenvalue weighted by Gasteiger charge is 2.21. The average Bonchev–Trinajstić information content (AvgIpc) is 2.61. The lowest BCUT2D eigenvalue weighted by molar-refractivity contribution is -0.384. The van der Waals surface area contributed by atoms with Gasteiger partial charge in [-0.15, -0.1) is 0 Å². The third-order valence-corrected chi connectivity index (χ3v) is 2.27. The number of non-ortho nitro benzene ring substituents is 1. The standard InChI is InChI=1S/C11H8N2O4/c1-7-10(11(14)17-12-7)6-8-3-2-4-9(5-8)13(15)16/h2-6H,1H3. The van der Waals surface area contributed by atoms with Crippen LogP contribution < -0.4 is 0 Å². The molecule has 1 aromatic rings. The Morgan fingerprint density at radius 1 is 1.47 bits per heavy atom. The van der Waals surface area contributed by atoms with Crippen LogP contribution in [0.2, 0.25) is 0 Å². The Morgan fingerprint density at radius 3 is 2.82 bits per heavy atom. The summed E-state index contributed by atoms with van der Waals surface area (Å²) in [5.74, 6) is -0.547. The molecule has 1 aliphatic heterocycles. The molecule has 0 amide bonds. The van der Waals surface area contributed by atoms with Crippen LogP contribution >= 0.6 is 0 Å².